The van der Waals surface area contributed by atoms with Gasteiger partial charge in [-0.25, -0.2) is 4.98 Å². The van der Waals surface area contributed by atoms with Crippen LogP contribution in [0.4, 0.5) is 28.8 Å². The first-order valence-electron chi connectivity index (χ1n) is 10.1. The van der Waals surface area contributed by atoms with E-state index in [0.29, 0.717) is 23.0 Å². The number of halogens is 1. The van der Waals surface area contributed by atoms with Crippen LogP contribution in [0.1, 0.15) is 21.6 Å². The molecule has 0 fully saturated rings. The number of aromatic nitrogens is 2. The monoisotopic (exact) mass is 487 g/mol. The zero-order chi connectivity index (χ0) is 22.5. The lowest BCUT2D eigenvalue weighted by Gasteiger charge is -2.11. The molecule has 0 aliphatic heterocycles. The normalized spacial score (nSPS) is 10.5. The van der Waals surface area contributed by atoms with Gasteiger partial charge in [0.05, 0.1) is 5.56 Å². The number of hydrogen-bond acceptors (Lipinski definition) is 5. The van der Waals surface area contributed by atoms with Crippen molar-refractivity contribution in [3.63, 3.8) is 0 Å². The Morgan fingerprint density at radius 3 is 2.12 bits per heavy atom. The van der Waals surface area contributed by atoms with Gasteiger partial charge in [0, 0.05) is 33.3 Å². The summed E-state index contributed by atoms with van der Waals surface area (Å²) in [6.07, 6.45) is 0. The van der Waals surface area contributed by atoms with Crippen LogP contribution in [-0.2, 0) is 0 Å². The maximum absolute atomic E-state index is 12.5. The van der Waals surface area contributed by atoms with Gasteiger partial charge in [0.25, 0.3) is 5.91 Å². The van der Waals surface area contributed by atoms with Crippen molar-refractivity contribution in [3.8, 4) is 0 Å². The molecule has 0 bridgehead atoms. The van der Waals surface area contributed by atoms with E-state index in [1.165, 1.54) is 5.56 Å². The number of nitrogens with one attached hydrogen (secondary N) is 3. The first-order valence-corrected chi connectivity index (χ1v) is 10.9. The molecule has 0 aliphatic carbocycles. The Morgan fingerprint density at radius 2 is 1.41 bits per heavy atom. The Labute approximate surface area is 195 Å². The average molecular weight is 488 g/mol. The van der Waals surface area contributed by atoms with Crippen molar-refractivity contribution in [2.75, 3.05) is 16.0 Å². The molecule has 0 unspecified atom stereocenters. The number of amides is 1. The van der Waals surface area contributed by atoms with E-state index in [1.54, 1.807) is 6.07 Å². The minimum atomic E-state index is -0.174. The van der Waals surface area contributed by atoms with Gasteiger partial charge >= 0.3 is 0 Å². The summed E-state index contributed by atoms with van der Waals surface area (Å²) < 4.78 is 0.752. The summed E-state index contributed by atoms with van der Waals surface area (Å²) in [5, 5.41) is 9.43. The number of anilines is 5. The summed E-state index contributed by atoms with van der Waals surface area (Å²) in [5.41, 5.74) is 5.10. The van der Waals surface area contributed by atoms with Gasteiger partial charge < -0.3 is 16.0 Å². The van der Waals surface area contributed by atoms with Crippen LogP contribution in [0.15, 0.2) is 83.3 Å². The molecule has 0 spiro atoms. The highest BCUT2D eigenvalue weighted by Gasteiger charge is 2.10. The summed E-state index contributed by atoms with van der Waals surface area (Å²) in [4.78, 5) is 21.5. The topological polar surface area (TPSA) is 78.9 Å². The third kappa shape index (κ3) is 5.50. The van der Waals surface area contributed by atoms with Gasteiger partial charge in [0.15, 0.2) is 0 Å². The van der Waals surface area contributed by atoms with Crippen LogP contribution >= 0.6 is 15.9 Å². The molecule has 1 heterocycles. The first-order chi connectivity index (χ1) is 15.5. The molecule has 4 aromatic rings. The summed E-state index contributed by atoms with van der Waals surface area (Å²) in [5.74, 6) is 1.03. The van der Waals surface area contributed by atoms with Gasteiger partial charge in [-0.1, -0.05) is 29.8 Å². The standard InChI is InChI=1S/C25H22BrN5O/c1-16-7-9-18(10-8-16)28-23-15-17(2)27-25(31-23)30-20-13-11-19(12-14-20)29-24(32)21-5-3-4-6-22(21)26/h3-15H,1-2H3,(H,29,32)(H2,27,28,30,31). The minimum absolute atomic E-state index is 0.174. The number of aryl methyl sites for hydroxylation is 2. The van der Waals surface area contributed by atoms with Crippen LogP contribution in [0.25, 0.3) is 0 Å². The van der Waals surface area contributed by atoms with Gasteiger partial charge in [0.1, 0.15) is 5.82 Å². The molecule has 160 valence electrons. The fraction of sp³-hybridized carbons (Fsp3) is 0.0800. The lowest BCUT2D eigenvalue weighted by Crippen LogP contribution is -2.12. The van der Waals surface area contributed by atoms with Crippen molar-refractivity contribution in [2.45, 2.75) is 13.8 Å². The van der Waals surface area contributed by atoms with Crippen molar-refractivity contribution < 1.29 is 4.79 Å². The average Bonchev–Trinajstić information content (AvgIpc) is 2.76. The molecule has 32 heavy (non-hydrogen) atoms. The second kappa shape index (κ2) is 9.62. The van der Waals surface area contributed by atoms with Crippen LogP contribution in [0.5, 0.6) is 0 Å². The second-order valence-electron chi connectivity index (χ2n) is 7.35. The number of rotatable bonds is 6. The highest BCUT2D eigenvalue weighted by atomic mass is 79.9. The fourth-order valence-corrected chi connectivity index (χ4v) is 3.55. The van der Waals surface area contributed by atoms with Crippen LogP contribution < -0.4 is 16.0 Å². The van der Waals surface area contributed by atoms with Crippen LogP contribution in [0.3, 0.4) is 0 Å². The quantitative estimate of drug-likeness (QED) is 0.285. The highest BCUT2D eigenvalue weighted by Crippen LogP contribution is 2.22. The molecule has 7 heteroatoms. The molecule has 1 amide bonds. The summed E-state index contributed by atoms with van der Waals surface area (Å²) in [6, 6.07) is 24.7. The Kier molecular flexibility index (Phi) is 6.47. The van der Waals surface area contributed by atoms with E-state index in [2.05, 4.69) is 48.8 Å². The maximum atomic E-state index is 12.5. The van der Waals surface area contributed by atoms with E-state index < -0.39 is 0 Å². The fourth-order valence-electron chi connectivity index (χ4n) is 3.08. The molecule has 0 aliphatic rings. The van der Waals surface area contributed by atoms with Crippen molar-refractivity contribution in [1.82, 2.24) is 9.97 Å². The van der Waals surface area contributed by atoms with Gasteiger partial charge in [-0.3, -0.25) is 4.79 Å². The number of hydrogen-bond donors (Lipinski definition) is 3. The summed E-state index contributed by atoms with van der Waals surface area (Å²) in [7, 11) is 0. The van der Waals surface area contributed by atoms with E-state index in [1.807, 2.05) is 79.7 Å². The number of carbonyl (C=O) groups is 1. The van der Waals surface area contributed by atoms with E-state index >= 15 is 0 Å². The van der Waals surface area contributed by atoms with Gasteiger partial charge in [-0.05, 0) is 78.3 Å². The smallest absolute Gasteiger partial charge is 0.256 e. The van der Waals surface area contributed by atoms with E-state index in [4.69, 9.17) is 0 Å². The predicted molar refractivity (Wildman–Crippen MR) is 133 cm³/mol. The molecule has 0 radical (unpaired) electrons. The predicted octanol–water partition coefficient (Wildman–Crippen LogP) is 6.60. The minimum Gasteiger partial charge on any atom is -0.340 e. The zero-order valence-electron chi connectivity index (χ0n) is 17.7. The molecule has 6 nitrogen and oxygen atoms in total. The Morgan fingerprint density at radius 1 is 0.781 bits per heavy atom. The van der Waals surface area contributed by atoms with Crippen molar-refractivity contribution in [3.05, 3.63) is 100 Å². The largest absolute Gasteiger partial charge is 0.340 e. The Hall–Kier alpha value is -3.71. The molecule has 0 saturated heterocycles. The van der Waals surface area contributed by atoms with Crippen LogP contribution in [0.2, 0.25) is 0 Å². The second-order valence-corrected chi connectivity index (χ2v) is 8.20. The van der Waals surface area contributed by atoms with Crippen LogP contribution in [0, 0.1) is 13.8 Å². The molecular weight excluding hydrogens is 466 g/mol. The Balaban J connectivity index is 1.44. The lowest BCUT2D eigenvalue weighted by atomic mass is 10.2. The zero-order valence-corrected chi connectivity index (χ0v) is 19.3. The Bertz CT molecular complexity index is 1240. The molecular formula is C25H22BrN5O. The molecule has 3 aromatic carbocycles. The summed E-state index contributed by atoms with van der Waals surface area (Å²) >= 11 is 3.40. The third-order valence-corrected chi connectivity index (χ3v) is 5.39. The van der Waals surface area contributed by atoms with Crippen molar-refractivity contribution >= 4 is 50.7 Å². The maximum Gasteiger partial charge on any atom is 0.256 e. The van der Waals surface area contributed by atoms with E-state index in [-0.39, 0.29) is 5.91 Å². The SMILES string of the molecule is Cc1ccc(Nc2cc(C)nc(Nc3ccc(NC(=O)c4ccccc4Br)cc3)n2)cc1. The van der Waals surface area contributed by atoms with Gasteiger partial charge in [-0.2, -0.15) is 4.98 Å². The van der Waals surface area contributed by atoms with Crippen LogP contribution in [-0.4, -0.2) is 15.9 Å². The molecule has 3 N–H and O–H groups in total. The number of nitrogens with zero attached hydrogens (tertiary/aromatic N) is 2. The molecule has 0 atom stereocenters. The highest BCUT2D eigenvalue weighted by molar-refractivity contribution is 9.10. The van der Waals surface area contributed by atoms with E-state index in [0.717, 1.165) is 21.5 Å². The van der Waals surface area contributed by atoms with Crippen molar-refractivity contribution in [1.29, 1.82) is 0 Å². The first kappa shape index (κ1) is 21.5. The molecule has 4 rings (SSSR count). The number of benzene rings is 3. The summed E-state index contributed by atoms with van der Waals surface area (Å²) in [6.45, 7) is 3.98. The number of carbonyl (C=O) groups excluding carboxylic acids is 1. The van der Waals surface area contributed by atoms with Gasteiger partial charge in [0.2, 0.25) is 5.95 Å². The third-order valence-electron chi connectivity index (χ3n) is 4.70. The molecule has 1 aromatic heterocycles. The molecule has 0 saturated carbocycles. The lowest BCUT2D eigenvalue weighted by molar-refractivity contribution is 0.102. The van der Waals surface area contributed by atoms with Crippen molar-refractivity contribution in [2.24, 2.45) is 0 Å². The van der Waals surface area contributed by atoms with Gasteiger partial charge in [-0.15, -0.1) is 0 Å². The van der Waals surface area contributed by atoms with E-state index in [9.17, 15) is 4.79 Å².